The summed E-state index contributed by atoms with van der Waals surface area (Å²) in [4.78, 5) is 59.6. The van der Waals surface area contributed by atoms with Crippen molar-refractivity contribution >= 4 is 67.4 Å². The van der Waals surface area contributed by atoms with Crippen molar-refractivity contribution in [3.63, 3.8) is 0 Å². The molecule has 0 spiro atoms. The lowest BCUT2D eigenvalue weighted by Gasteiger charge is -2.26. The zero-order valence-corrected chi connectivity index (χ0v) is 28.3. The van der Waals surface area contributed by atoms with E-state index >= 15 is 0 Å². The average molecular weight is 734 g/mol. The number of benzene rings is 2. The van der Waals surface area contributed by atoms with Gasteiger partial charge in [0, 0.05) is 33.2 Å². The van der Waals surface area contributed by atoms with Gasteiger partial charge in [-0.25, -0.2) is 0 Å². The van der Waals surface area contributed by atoms with Crippen LogP contribution in [0.3, 0.4) is 0 Å². The lowest BCUT2D eigenvalue weighted by Crippen LogP contribution is -2.33. The molecule has 0 bridgehead atoms. The van der Waals surface area contributed by atoms with Gasteiger partial charge in [0.25, 0.3) is 23.6 Å². The molecule has 0 saturated heterocycles. The van der Waals surface area contributed by atoms with E-state index in [1.165, 1.54) is 0 Å². The molecule has 12 nitrogen and oxygen atoms in total. The Bertz CT molecular complexity index is 1490. The molecule has 236 valence electrons. The summed E-state index contributed by atoms with van der Waals surface area (Å²) in [7, 11) is 0. The molecular formula is C30H38Br2N8O4. The lowest BCUT2D eigenvalue weighted by molar-refractivity contribution is -0.119. The fraction of sp³-hybridized carbons (Fsp3) is 0.400. The predicted octanol–water partition coefficient (Wildman–Crippen LogP) is 3.58. The van der Waals surface area contributed by atoms with Crippen LogP contribution in [0.4, 0.5) is 0 Å². The minimum Gasteiger partial charge on any atom is -0.370 e. The van der Waals surface area contributed by atoms with Gasteiger partial charge in [-0.3, -0.25) is 19.2 Å². The molecule has 4 rings (SSSR count). The van der Waals surface area contributed by atoms with Crippen LogP contribution in [0.15, 0.2) is 55.3 Å². The summed E-state index contributed by atoms with van der Waals surface area (Å²) in [6, 6.07) is 10.3. The van der Waals surface area contributed by atoms with E-state index < -0.39 is 11.8 Å². The fourth-order valence-corrected chi connectivity index (χ4v) is 6.03. The highest BCUT2D eigenvalue weighted by Gasteiger charge is 2.39. The number of nitrogens with zero attached hydrogens (tertiary/aromatic N) is 4. The van der Waals surface area contributed by atoms with Crippen LogP contribution in [0.2, 0.25) is 0 Å². The smallest absolute Gasteiger partial charge is 0.254 e. The first-order valence-electron chi connectivity index (χ1n) is 14.0. The Morgan fingerprint density at radius 1 is 0.705 bits per heavy atom. The number of halogens is 2. The van der Waals surface area contributed by atoms with Crippen LogP contribution in [-0.4, -0.2) is 58.4 Å². The van der Waals surface area contributed by atoms with Crippen molar-refractivity contribution < 1.29 is 19.2 Å². The van der Waals surface area contributed by atoms with Crippen molar-refractivity contribution in [2.24, 2.45) is 44.8 Å². The van der Waals surface area contributed by atoms with Crippen molar-refractivity contribution in [2.75, 3.05) is 13.1 Å². The van der Waals surface area contributed by atoms with Gasteiger partial charge >= 0.3 is 0 Å². The van der Waals surface area contributed by atoms with Crippen LogP contribution in [0.25, 0.3) is 0 Å². The van der Waals surface area contributed by atoms with Crippen LogP contribution in [0, 0.1) is 11.8 Å². The first-order chi connectivity index (χ1) is 20.6. The molecule has 0 aliphatic carbocycles. The first kappa shape index (κ1) is 34.7. The maximum absolute atomic E-state index is 12.6. The van der Waals surface area contributed by atoms with Crippen molar-refractivity contribution in [3.05, 3.63) is 67.6 Å². The van der Waals surface area contributed by atoms with Gasteiger partial charge in [-0.1, -0.05) is 65.6 Å². The monoisotopic (exact) mass is 732 g/mol. The van der Waals surface area contributed by atoms with Gasteiger partial charge in [0.1, 0.15) is 0 Å². The number of guanidine groups is 2. The third-order valence-corrected chi connectivity index (χ3v) is 7.84. The average Bonchev–Trinajstić information content (AvgIpc) is 3.28. The number of hydrogen-bond acceptors (Lipinski definition) is 4. The standard InChI is InChI=1S/2C15H19BrN4O2/c1-8(2)7-20-12(6-13(21)19-15(17)18)11-5-9(16)3-4-10(11)14(20)22;1-8(2)7-20-12(6-13(21)19-15(17)18)10-4-3-9(16)5-11(10)14(20)22/h2*3-5,8,12H,6-7H2,1-2H3,(H4,17,18,19,21). The molecule has 0 saturated carbocycles. The van der Waals surface area contributed by atoms with E-state index in [-0.39, 0.29) is 48.7 Å². The Hall–Kier alpha value is -3.78. The highest BCUT2D eigenvalue weighted by Crippen LogP contribution is 2.39. The minimum absolute atomic E-state index is 0.0568. The van der Waals surface area contributed by atoms with E-state index in [1.807, 2.05) is 52.0 Å². The van der Waals surface area contributed by atoms with Crippen LogP contribution in [-0.2, 0) is 9.59 Å². The van der Waals surface area contributed by atoms with Gasteiger partial charge in [-0.2, -0.15) is 9.98 Å². The molecule has 44 heavy (non-hydrogen) atoms. The van der Waals surface area contributed by atoms with Crippen molar-refractivity contribution in [3.8, 4) is 0 Å². The van der Waals surface area contributed by atoms with Gasteiger partial charge in [-0.05, 0) is 53.3 Å². The van der Waals surface area contributed by atoms with E-state index in [1.54, 1.807) is 21.9 Å². The van der Waals surface area contributed by atoms with Gasteiger partial charge in [0.2, 0.25) is 0 Å². The normalized spacial score (nSPS) is 16.8. The van der Waals surface area contributed by atoms with Crippen molar-refractivity contribution in [1.82, 2.24) is 9.80 Å². The largest absolute Gasteiger partial charge is 0.370 e. The highest BCUT2D eigenvalue weighted by atomic mass is 79.9. The number of carbonyl (C=O) groups is 4. The summed E-state index contributed by atoms with van der Waals surface area (Å²) in [6.07, 6.45) is 0.144. The van der Waals surface area contributed by atoms with Crippen molar-refractivity contribution in [2.45, 2.75) is 52.6 Å². The molecule has 2 unspecified atom stereocenters. The second kappa shape index (κ2) is 14.8. The molecule has 2 heterocycles. The maximum Gasteiger partial charge on any atom is 0.254 e. The minimum atomic E-state index is -0.431. The maximum atomic E-state index is 12.6. The van der Waals surface area contributed by atoms with Gasteiger partial charge in [0.15, 0.2) is 11.9 Å². The Labute approximate surface area is 273 Å². The predicted molar refractivity (Wildman–Crippen MR) is 176 cm³/mol. The molecule has 0 fully saturated rings. The molecule has 2 aliphatic heterocycles. The molecule has 2 atom stereocenters. The Kier molecular flexibility index (Phi) is 11.7. The molecule has 8 N–H and O–H groups in total. The third-order valence-electron chi connectivity index (χ3n) is 6.85. The number of carbonyl (C=O) groups excluding carboxylic acids is 4. The topological polar surface area (TPSA) is 204 Å². The van der Waals surface area contributed by atoms with Crippen LogP contribution in [0.5, 0.6) is 0 Å². The zero-order valence-electron chi connectivity index (χ0n) is 25.1. The molecule has 2 aromatic rings. The number of nitrogens with two attached hydrogens (primary N) is 4. The van der Waals surface area contributed by atoms with Gasteiger partial charge < -0.3 is 32.7 Å². The van der Waals surface area contributed by atoms with Crippen LogP contribution < -0.4 is 22.9 Å². The van der Waals surface area contributed by atoms with Crippen LogP contribution >= 0.6 is 31.9 Å². The summed E-state index contributed by atoms with van der Waals surface area (Å²) in [5.41, 5.74) is 23.9. The molecule has 14 heteroatoms. The highest BCUT2D eigenvalue weighted by molar-refractivity contribution is 9.10. The number of aliphatic imine (C=N–C) groups is 2. The van der Waals surface area contributed by atoms with Crippen LogP contribution in [0.1, 0.15) is 84.5 Å². The van der Waals surface area contributed by atoms with Gasteiger partial charge in [0.05, 0.1) is 24.9 Å². The van der Waals surface area contributed by atoms with Gasteiger partial charge in [-0.15, -0.1) is 0 Å². The molecular weight excluding hydrogens is 696 g/mol. The SMILES string of the molecule is CC(C)CN1C(=O)c2cc(Br)ccc2C1CC(=O)N=C(N)N.CC(C)CN1C(=O)c2ccc(Br)cc2C1CC(=O)N=C(N)N. The Balaban J connectivity index is 0.000000240. The Morgan fingerprint density at radius 3 is 1.61 bits per heavy atom. The second-order valence-electron chi connectivity index (χ2n) is 11.5. The molecule has 0 aromatic heterocycles. The van der Waals surface area contributed by atoms with E-state index in [2.05, 4.69) is 41.8 Å². The molecule has 0 radical (unpaired) electrons. The number of fused-ring (bicyclic) bond motifs is 2. The summed E-state index contributed by atoms with van der Waals surface area (Å²) < 4.78 is 1.70. The fourth-order valence-electron chi connectivity index (χ4n) is 5.29. The summed E-state index contributed by atoms with van der Waals surface area (Å²) in [5, 5.41) is 0. The van der Waals surface area contributed by atoms with E-state index in [0.29, 0.717) is 36.1 Å². The van der Waals surface area contributed by atoms with E-state index in [9.17, 15) is 19.2 Å². The zero-order chi connectivity index (χ0) is 32.9. The number of amides is 4. The first-order valence-corrected chi connectivity index (χ1v) is 15.6. The second-order valence-corrected chi connectivity index (χ2v) is 13.3. The molecule has 4 amide bonds. The number of rotatable bonds is 8. The number of hydrogen-bond donors (Lipinski definition) is 4. The molecule has 2 aromatic carbocycles. The summed E-state index contributed by atoms with van der Waals surface area (Å²) in [6.45, 7) is 9.26. The van der Waals surface area contributed by atoms with E-state index in [0.717, 1.165) is 20.1 Å². The lowest BCUT2D eigenvalue weighted by atomic mass is 10.0. The quantitative estimate of drug-likeness (QED) is 0.233. The summed E-state index contributed by atoms with van der Waals surface area (Å²) in [5.74, 6) is -0.919. The molecule has 2 aliphatic rings. The third kappa shape index (κ3) is 8.65. The Morgan fingerprint density at radius 2 is 1.14 bits per heavy atom. The van der Waals surface area contributed by atoms with Crippen molar-refractivity contribution in [1.29, 1.82) is 0 Å². The summed E-state index contributed by atoms with van der Waals surface area (Å²) >= 11 is 6.78. The van der Waals surface area contributed by atoms with E-state index in [4.69, 9.17) is 22.9 Å².